The molecule has 0 radical (unpaired) electrons. The van der Waals surface area contributed by atoms with Crippen LogP contribution in [0.1, 0.15) is 41.0 Å². The first kappa shape index (κ1) is 15.7. The molecule has 2 unspecified atom stereocenters. The van der Waals surface area contributed by atoms with E-state index in [4.69, 9.17) is 0 Å². The molecule has 1 aromatic heterocycles. The highest BCUT2D eigenvalue weighted by molar-refractivity contribution is 5.94. The maximum Gasteiger partial charge on any atom is 0.251 e. The Morgan fingerprint density at radius 2 is 1.87 bits per heavy atom. The first-order valence-corrected chi connectivity index (χ1v) is 8.24. The smallest absolute Gasteiger partial charge is 0.251 e. The maximum atomic E-state index is 12.5. The predicted octanol–water partition coefficient (Wildman–Crippen LogP) is 3.65. The van der Waals surface area contributed by atoms with Gasteiger partial charge >= 0.3 is 0 Å². The van der Waals surface area contributed by atoms with Gasteiger partial charge in [0.25, 0.3) is 5.91 Å². The molecule has 1 saturated carbocycles. The number of carbonyl (C=O) groups excluding carboxylic acids is 1. The standard InChI is InChI=1S/C20H24N2O/c1-13-8-9-17(11-14(13)2)19(23)22-12-20(15(3)16(20)4)18-7-5-6-10-21-18/h5-11,15-16H,12H2,1-4H3,(H,22,23). The average Bonchev–Trinajstić information content (AvgIpc) is 3.10. The van der Waals surface area contributed by atoms with Crippen molar-refractivity contribution in [2.45, 2.75) is 33.1 Å². The van der Waals surface area contributed by atoms with Gasteiger partial charge in [0.15, 0.2) is 0 Å². The van der Waals surface area contributed by atoms with Crippen molar-refractivity contribution in [1.29, 1.82) is 0 Å². The van der Waals surface area contributed by atoms with Gasteiger partial charge in [-0.3, -0.25) is 9.78 Å². The lowest BCUT2D eigenvalue weighted by molar-refractivity contribution is 0.0948. The number of benzene rings is 1. The van der Waals surface area contributed by atoms with E-state index in [9.17, 15) is 4.79 Å². The number of hydrogen-bond acceptors (Lipinski definition) is 2. The minimum Gasteiger partial charge on any atom is -0.351 e. The van der Waals surface area contributed by atoms with Crippen LogP contribution in [-0.2, 0) is 5.41 Å². The lowest BCUT2D eigenvalue weighted by atomic mass is 9.96. The van der Waals surface area contributed by atoms with Crippen LogP contribution < -0.4 is 5.32 Å². The van der Waals surface area contributed by atoms with E-state index >= 15 is 0 Å². The summed E-state index contributed by atoms with van der Waals surface area (Å²) in [6, 6.07) is 11.9. The number of amides is 1. The third-order valence-corrected chi connectivity index (χ3v) is 5.72. The first-order valence-electron chi connectivity index (χ1n) is 8.24. The quantitative estimate of drug-likeness (QED) is 0.936. The van der Waals surface area contributed by atoms with Gasteiger partial charge in [-0.15, -0.1) is 0 Å². The zero-order valence-electron chi connectivity index (χ0n) is 14.3. The number of aryl methyl sites for hydroxylation is 2. The highest BCUT2D eigenvalue weighted by Gasteiger charge is 2.60. The third kappa shape index (κ3) is 2.65. The topological polar surface area (TPSA) is 42.0 Å². The summed E-state index contributed by atoms with van der Waals surface area (Å²) in [5, 5.41) is 3.13. The van der Waals surface area contributed by atoms with Crippen LogP contribution in [0, 0.1) is 25.7 Å². The summed E-state index contributed by atoms with van der Waals surface area (Å²) in [7, 11) is 0. The van der Waals surface area contributed by atoms with Crippen molar-refractivity contribution < 1.29 is 4.79 Å². The van der Waals surface area contributed by atoms with Gasteiger partial charge in [0.2, 0.25) is 0 Å². The van der Waals surface area contributed by atoms with Crippen LogP contribution >= 0.6 is 0 Å². The number of rotatable bonds is 4. The summed E-state index contributed by atoms with van der Waals surface area (Å²) in [6.45, 7) is 9.20. The second-order valence-electron chi connectivity index (χ2n) is 6.81. The van der Waals surface area contributed by atoms with Crippen molar-refractivity contribution >= 4 is 5.91 Å². The highest BCUT2D eigenvalue weighted by atomic mass is 16.1. The van der Waals surface area contributed by atoms with Gasteiger partial charge < -0.3 is 5.32 Å². The summed E-state index contributed by atoms with van der Waals surface area (Å²) >= 11 is 0. The van der Waals surface area contributed by atoms with E-state index in [1.54, 1.807) is 0 Å². The minimum atomic E-state index is -0.0311. The SMILES string of the molecule is Cc1ccc(C(=O)NCC2(c3ccccn3)C(C)C2C)cc1C. The fraction of sp³-hybridized carbons (Fsp3) is 0.400. The van der Waals surface area contributed by atoms with Gasteiger partial charge in [-0.25, -0.2) is 0 Å². The number of pyridine rings is 1. The summed E-state index contributed by atoms with van der Waals surface area (Å²) in [6.07, 6.45) is 1.83. The summed E-state index contributed by atoms with van der Waals surface area (Å²) in [4.78, 5) is 17.0. The molecular formula is C20H24N2O. The molecule has 1 aliphatic rings. The van der Waals surface area contributed by atoms with Crippen LogP contribution in [-0.4, -0.2) is 17.4 Å². The molecule has 0 spiro atoms. The fourth-order valence-electron chi connectivity index (χ4n) is 3.59. The molecule has 1 aliphatic carbocycles. The number of carbonyl (C=O) groups is 1. The predicted molar refractivity (Wildman–Crippen MR) is 92.5 cm³/mol. The molecule has 23 heavy (non-hydrogen) atoms. The summed E-state index contributed by atoms with van der Waals surface area (Å²) in [5.41, 5.74) is 4.13. The molecular weight excluding hydrogens is 284 g/mol. The molecule has 2 aromatic rings. The van der Waals surface area contributed by atoms with Gasteiger partial charge in [0, 0.05) is 29.4 Å². The summed E-state index contributed by atoms with van der Waals surface area (Å²) < 4.78 is 0. The number of nitrogens with zero attached hydrogens (tertiary/aromatic N) is 1. The van der Waals surface area contributed by atoms with Crippen LogP contribution in [0.4, 0.5) is 0 Å². The van der Waals surface area contributed by atoms with E-state index in [-0.39, 0.29) is 11.3 Å². The third-order valence-electron chi connectivity index (χ3n) is 5.72. The summed E-state index contributed by atoms with van der Waals surface area (Å²) in [5.74, 6) is 1.05. The second kappa shape index (κ2) is 5.80. The zero-order chi connectivity index (χ0) is 16.6. The molecule has 120 valence electrons. The molecule has 0 bridgehead atoms. The molecule has 3 nitrogen and oxygen atoms in total. The van der Waals surface area contributed by atoms with Crippen LogP contribution in [0.5, 0.6) is 0 Å². The minimum absolute atomic E-state index is 0.00490. The van der Waals surface area contributed by atoms with Gasteiger partial charge in [-0.1, -0.05) is 26.0 Å². The van der Waals surface area contributed by atoms with Crippen LogP contribution in [0.2, 0.25) is 0 Å². The van der Waals surface area contributed by atoms with Crippen molar-refractivity contribution in [3.8, 4) is 0 Å². The molecule has 1 amide bonds. The average molecular weight is 308 g/mol. The van der Waals surface area contributed by atoms with Crippen molar-refractivity contribution in [2.75, 3.05) is 6.54 Å². The van der Waals surface area contributed by atoms with Gasteiger partial charge in [-0.2, -0.15) is 0 Å². The van der Waals surface area contributed by atoms with Crippen molar-refractivity contribution in [2.24, 2.45) is 11.8 Å². The molecule has 3 rings (SSSR count). The molecule has 2 atom stereocenters. The van der Waals surface area contributed by atoms with Crippen LogP contribution in [0.15, 0.2) is 42.6 Å². The van der Waals surface area contributed by atoms with Crippen LogP contribution in [0.3, 0.4) is 0 Å². The maximum absolute atomic E-state index is 12.5. The monoisotopic (exact) mass is 308 g/mol. The largest absolute Gasteiger partial charge is 0.351 e. The molecule has 0 saturated heterocycles. The lowest BCUT2D eigenvalue weighted by Crippen LogP contribution is -2.34. The van der Waals surface area contributed by atoms with Crippen LogP contribution in [0.25, 0.3) is 0 Å². The van der Waals surface area contributed by atoms with Crippen molar-refractivity contribution in [1.82, 2.24) is 10.3 Å². The Balaban J connectivity index is 1.76. The number of hydrogen-bond donors (Lipinski definition) is 1. The zero-order valence-corrected chi connectivity index (χ0v) is 14.3. The Kier molecular flexibility index (Phi) is 3.97. The Morgan fingerprint density at radius 1 is 1.13 bits per heavy atom. The Hall–Kier alpha value is -2.16. The molecule has 1 aromatic carbocycles. The highest BCUT2D eigenvalue weighted by Crippen LogP contribution is 2.58. The number of nitrogens with one attached hydrogen (secondary N) is 1. The van der Waals surface area contributed by atoms with Crippen molar-refractivity contribution in [3.05, 3.63) is 65.0 Å². The lowest BCUT2D eigenvalue weighted by Gasteiger charge is -2.18. The Labute approximate surface area is 138 Å². The Bertz CT molecular complexity index is 716. The van der Waals surface area contributed by atoms with E-state index < -0.39 is 0 Å². The normalized spacial score (nSPS) is 25.9. The molecule has 3 heteroatoms. The van der Waals surface area contributed by atoms with E-state index in [1.807, 2.05) is 43.5 Å². The fourth-order valence-corrected chi connectivity index (χ4v) is 3.59. The van der Waals surface area contributed by atoms with Crippen molar-refractivity contribution in [3.63, 3.8) is 0 Å². The van der Waals surface area contributed by atoms with Gasteiger partial charge in [0.05, 0.1) is 0 Å². The van der Waals surface area contributed by atoms with E-state index in [0.717, 1.165) is 16.8 Å². The van der Waals surface area contributed by atoms with Gasteiger partial charge in [-0.05, 0) is 61.1 Å². The molecule has 1 N–H and O–H groups in total. The molecule has 1 fully saturated rings. The Morgan fingerprint density at radius 3 is 2.43 bits per heavy atom. The first-order chi connectivity index (χ1) is 11.0. The molecule has 1 heterocycles. The molecule has 0 aliphatic heterocycles. The number of aromatic nitrogens is 1. The van der Waals surface area contributed by atoms with Gasteiger partial charge in [0.1, 0.15) is 0 Å². The van der Waals surface area contributed by atoms with E-state index in [1.165, 1.54) is 5.56 Å². The second-order valence-corrected chi connectivity index (χ2v) is 6.81. The van der Waals surface area contributed by atoms with E-state index in [2.05, 4.69) is 37.1 Å². The van der Waals surface area contributed by atoms with E-state index in [0.29, 0.717) is 18.4 Å².